The van der Waals surface area contributed by atoms with Gasteiger partial charge in [0.25, 0.3) is 0 Å². The quantitative estimate of drug-likeness (QED) is 0.558. The van der Waals surface area contributed by atoms with Gasteiger partial charge < -0.3 is 15.1 Å². The lowest BCUT2D eigenvalue weighted by Crippen LogP contribution is -2.39. The van der Waals surface area contributed by atoms with Crippen molar-refractivity contribution in [3.63, 3.8) is 0 Å². The Morgan fingerprint density at radius 1 is 1.21 bits per heavy atom. The number of halogens is 2. The zero-order chi connectivity index (χ0) is 23.9. The standard InChI is InChI=1S/C28H43F2NO2/c1-17(15-31-13-11-22(16-31)27(29)30)23-9-10-24-20(6-5-12-28(23,24)4)7-8-21-14-25(32)19(3)26(33)18(21)2/h7-8,17,19,22-27,32-33H,2,5-6,9-16H2,1,3-4H3/b20-7+,21-8-/t17?,19-,22-,23+,24-,25+,26+,28+/m0/s1. The molecule has 3 aliphatic carbocycles. The normalized spacial score (nSPS) is 43.6. The summed E-state index contributed by atoms with van der Waals surface area (Å²) in [5.74, 6) is 1.08. The number of nitrogens with zero attached hydrogens (tertiary/aromatic N) is 1. The van der Waals surface area contributed by atoms with Crippen molar-refractivity contribution >= 4 is 0 Å². The van der Waals surface area contributed by atoms with E-state index in [1.54, 1.807) is 0 Å². The molecule has 3 nitrogen and oxygen atoms in total. The molecule has 0 bridgehead atoms. The van der Waals surface area contributed by atoms with Crippen LogP contribution in [0.2, 0.25) is 0 Å². The second-order valence-corrected chi connectivity index (χ2v) is 11.8. The second-order valence-electron chi connectivity index (χ2n) is 11.8. The van der Waals surface area contributed by atoms with E-state index in [1.807, 2.05) is 6.92 Å². The van der Waals surface area contributed by atoms with Gasteiger partial charge in [0, 0.05) is 24.9 Å². The van der Waals surface area contributed by atoms with Crippen LogP contribution < -0.4 is 0 Å². The van der Waals surface area contributed by atoms with E-state index in [4.69, 9.17) is 0 Å². The molecule has 0 radical (unpaired) electrons. The van der Waals surface area contributed by atoms with Crippen molar-refractivity contribution in [1.29, 1.82) is 0 Å². The molecule has 1 saturated heterocycles. The minimum Gasteiger partial charge on any atom is -0.392 e. The fourth-order valence-corrected chi connectivity index (χ4v) is 7.63. The van der Waals surface area contributed by atoms with E-state index in [-0.39, 0.29) is 11.3 Å². The predicted molar refractivity (Wildman–Crippen MR) is 129 cm³/mol. The van der Waals surface area contributed by atoms with Crippen LogP contribution in [0.3, 0.4) is 0 Å². The molecular formula is C28H43F2NO2. The van der Waals surface area contributed by atoms with Crippen LogP contribution >= 0.6 is 0 Å². The highest BCUT2D eigenvalue weighted by atomic mass is 19.3. The summed E-state index contributed by atoms with van der Waals surface area (Å²) < 4.78 is 26.2. The van der Waals surface area contributed by atoms with E-state index in [2.05, 4.69) is 37.5 Å². The van der Waals surface area contributed by atoms with Crippen molar-refractivity contribution < 1.29 is 19.0 Å². The summed E-state index contributed by atoms with van der Waals surface area (Å²) in [6, 6.07) is 0. The van der Waals surface area contributed by atoms with Crippen LogP contribution in [0, 0.1) is 35.0 Å². The number of aliphatic hydroxyl groups is 2. The Hall–Kier alpha value is -1.04. The number of fused-ring (bicyclic) bond motifs is 1. The van der Waals surface area contributed by atoms with E-state index in [0.717, 1.165) is 30.7 Å². The Kier molecular flexibility index (Phi) is 7.53. The fraction of sp³-hybridized carbons (Fsp3) is 0.786. The zero-order valence-electron chi connectivity index (χ0n) is 20.6. The second kappa shape index (κ2) is 9.91. The molecular weight excluding hydrogens is 420 g/mol. The van der Waals surface area contributed by atoms with Gasteiger partial charge in [0.1, 0.15) is 0 Å². The summed E-state index contributed by atoms with van der Waals surface area (Å²) in [6.07, 6.45) is 8.10. The lowest BCUT2D eigenvalue weighted by Gasteiger charge is -2.45. The van der Waals surface area contributed by atoms with Gasteiger partial charge in [-0.2, -0.15) is 0 Å². The van der Waals surface area contributed by atoms with Gasteiger partial charge in [0.05, 0.1) is 12.2 Å². The summed E-state index contributed by atoms with van der Waals surface area (Å²) in [4.78, 5) is 2.27. The molecule has 0 aromatic rings. The summed E-state index contributed by atoms with van der Waals surface area (Å²) in [5, 5.41) is 20.7. The molecule has 1 heterocycles. The molecule has 1 aliphatic heterocycles. The molecule has 4 fully saturated rings. The molecule has 1 unspecified atom stereocenters. The molecule has 0 aromatic carbocycles. The van der Waals surface area contributed by atoms with Gasteiger partial charge in [0.2, 0.25) is 6.43 Å². The Labute approximate surface area is 198 Å². The molecule has 5 heteroatoms. The average Bonchev–Trinajstić information content (AvgIpc) is 3.38. The summed E-state index contributed by atoms with van der Waals surface area (Å²) >= 11 is 0. The molecule has 8 atom stereocenters. The summed E-state index contributed by atoms with van der Waals surface area (Å²) in [7, 11) is 0. The summed E-state index contributed by atoms with van der Waals surface area (Å²) in [5.41, 5.74) is 3.48. The van der Waals surface area contributed by atoms with Crippen LogP contribution in [0.15, 0.2) is 35.5 Å². The first-order valence-corrected chi connectivity index (χ1v) is 13.1. The number of likely N-dealkylation sites (tertiary alicyclic amines) is 1. The van der Waals surface area contributed by atoms with E-state index >= 15 is 0 Å². The number of hydrogen-bond acceptors (Lipinski definition) is 3. The first-order chi connectivity index (χ1) is 15.6. The maximum absolute atomic E-state index is 13.1. The van der Waals surface area contributed by atoms with Gasteiger partial charge in [-0.05, 0) is 85.8 Å². The van der Waals surface area contributed by atoms with Gasteiger partial charge in [-0.1, -0.05) is 45.1 Å². The minimum absolute atomic E-state index is 0.177. The highest BCUT2D eigenvalue weighted by Crippen LogP contribution is 2.59. The molecule has 4 aliphatic rings. The Morgan fingerprint density at radius 2 is 1.97 bits per heavy atom. The van der Waals surface area contributed by atoms with E-state index < -0.39 is 24.6 Å². The van der Waals surface area contributed by atoms with Crippen LogP contribution in [0.4, 0.5) is 8.78 Å². The van der Waals surface area contributed by atoms with E-state index in [9.17, 15) is 19.0 Å². The van der Waals surface area contributed by atoms with Crippen LogP contribution in [0.25, 0.3) is 0 Å². The first-order valence-electron chi connectivity index (χ1n) is 13.1. The highest BCUT2D eigenvalue weighted by Gasteiger charge is 2.51. The first kappa shape index (κ1) is 25.1. The molecule has 0 aromatic heterocycles. The van der Waals surface area contributed by atoms with Crippen molar-refractivity contribution in [2.75, 3.05) is 19.6 Å². The van der Waals surface area contributed by atoms with Crippen LogP contribution in [-0.2, 0) is 0 Å². The van der Waals surface area contributed by atoms with Gasteiger partial charge in [-0.15, -0.1) is 0 Å². The number of hydrogen-bond donors (Lipinski definition) is 2. The maximum atomic E-state index is 13.1. The molecule has 2 N–H and O–H groups in total. The largest absolute Gasteiger partial charge is 0.392 e. The van der Waals surface area contributed by atoms with Crippen LogP contribution in [-0.4, -0.2) is 53.4 Å². The Bertz CT molecular complexity index is 793. The fourth-order valence-electron chi connectivity index (χ4n) is 7.63. The molecule has 3 saturated carbocycles. The van der Waals surface area contributed by atoms with Gasteiger partial charge >= 0.3 is 0 Å². The third-order valence-electron chi connectivity index (χ3n) is 9.74. The van der Waals surface area contributed by atoms with Crippen molar-refractivity contribution in [2.45, 2.75) is 84.4 Å². The maximum Gasteiger partial charge on any atom is 0.242 e. The summed E-state index contributed by atoms with van der Waals surface area (Å²) in [6.45, 7) is 13.1. The van der Waals surface area contributed by atoms with Crippen molar-refractivity contribution in [3.05, 3.63) is 35.5 Å². The van der Waals surface area contributed by atoms with Crippen molar-refractivity contribution in [3.8, 4) is 0 Å². The number of allylic oxidation sites excluding steroid dienone is 3. The van der Waals surface area contributed by atoms with Gasteiger partial charge in [-0.25, -0.2) is 8.78 Å². The number of alkyl halides is 2. The lowest BCUT2D eigenvalue weighted by molar-refractivity contribution is 0.0283. The molecule has 0 spiro atoms. The Morgan fingerprint density at radius 3 is 2.67 bits per heavy atom. The third kappa shape index (κ3) is 4.88. The number of rotatable bonds is 5. The topological polar surface area (TPSA) is 43.7 Å². The lowest BCUT2D eigenvalue weighted by atomic mass is 9.61. The predicted octanol–water partition coefficient (Wildman–Crippen LogP) is 5.60. The smallest absolute Gasteiger partial charge is 0.242 e. The monoisotopic (exact) mass is 463 g/mol. The van der Waals surface area contributed by atoms with E-state index in [0.29, 0.717) is 37.1 Å². The van der Waals surface area contributed by atoms with E-state index in [1.165, 1.54) is 31.3 Å². The van der Waals surface area contributed by atoms with Gasteiger partial charge in [-0.3, -0.25) is 0 Å². The van der Waals surface area contributed by atoms with Crippen molar-refractivity contribution in [1.82, 2.24) is 4.90 Å². The average molecular weight is 464 g/mol. The van der Waals surface area contributed by atoms with Crippen molar-refractivity contribution in [2.24, 2.45) is 35.0 Å². The molecule has 4 rings (SSSR count). The minimum atomic E-state index is -2.19. The zero-order valence-corrected chi connectivity index (χ0v) is 20.6. The molecule has 33 heavy (non-hydrogen) atoms. The molecule has 186 valence electrons. The van der Waals surface area contributed by atoms with Crippen LogP contribution in [0.1, 0.15) is 65.7 Å². The van der Waals surface area contributed by atoms with Gasteiger partial charge in [0.15, 0.2) is 0 Å². The number of aliphatic hydroxyl groups excluding tert-OH is 2. The Balaban J connectivity index is 1.45. The van der Waals surface area contributed by atoms with Crippen LogP contribution in [0.5, 0.6) is 0 Å². The molecule has 0 amide bonds. The third-order valence-corrected chi connectivity index (χ3v) is 9.74. The highest BCUT2D eigenvalue weighted by molar-refractivity contribution is 5.39. The SMILES string of the molecule is C=C1/C(=C\C=C2/CCC[C@]3(C)[C@@H](C(C)CN4CC[C@H](C(F)F)C4)CC[C@@H]23)C[C@@H](O)[C@H](C)[C@@H]1O.